The zero-order valence-electron chi connectivity index (χ0n) is 28.9. The molecule has 46 heavy (non-hydrogen) atoms. The first-order valence-corrected chi connectivity index (χ1v) is 23.1. The van der Waals surface area contributed by atoms with Crippen LogP contribution in [-0.2, 0) is 39.6 Å². The molecule has 0 saturated carbocycles. The minimum absolute atomic E-state index is 0.0592. The average molecular weight is 698 g/mol. The molecule has 1 aromatic rings. The van der Waals surface area contributed by atoms with Crippen molar-refractivity contribution < 1.29 is 43.2 Å². The number of rotatable bonds is 15. The normalized spacial score (nSPS) is 24.5. The Morgan fingerprint density at radius 1 is 1.00 bits per heavy atom. The fourth-order valence-corrected chi connectivity index (χ4v) is 14.0. The molecular formula is C33H55NO9SSi2. The number of carbonyl (C=O) groups excluding carboxylic acids is 2. The Labute approximate surface area is 280 Å². The van der Waals surface area contributed by atoms with Crippen LogP contribution >= 0.6 is 11.8 Å². The molecule has 0 amide bonds. The van der Waals surface area contributed by atoms with Gasteiger partial charge in [0.25, 0.3) is 0 Å². The summed E-state index contributed by atoms with van der Waals surface area (Å²) in [5, 5.41) is 21.0. The molecule has 3 rings (SSSR count). The second-order valence-electron chi connectivity index (χ2n) is 14.4. The maximum atomic E-state index is 13.7. The standard InChI is InChI=1S/C33H55NO9SSi2/c1-20(2)46(21(3)4,22(5)6)43-28-27(36)26(18-35)42-33-30(28)44-29(32(38)39-15-16-45(7,8)9)25(41-33)17-24(34)31(37)40-19-23-13-11-10-12-14-23/h10-14,20-22,24,26-28,30,33,35-36H,15-19,34H2,1-9H3/t24-,26+,27+,28-,30+,33-/m0/s1. The van der Waals surface area contributed by atoms with Gasteiger partial charge in [-0.15, -0.1) is 11.8 Å². The second kappa shape index (κ2) is 16.6. The van der Waals surface area contributed by atoms with Crippen LogP contribution in [0.25, 0.3) is 0 Å². The fraction of sp³-hybridized carbons (Fsp3) is 0.697. The molecule has 1 fully saturated rings. The molecule has 260 valence electrons. The molecule has 0 radical (unpaired) electrons. The van der Waals surface area contributed by atoms with Crippen LogP contribution in [0.5, 0.6) is 0 Å². The number of aliphatic hydroxyl groups excluding tert-OH is 2. The number of ether oxygens (including phenoxy) is 4. The van der Waals surface area contributed by atoms with E-state index in [0.717, 1.165) is 11.6 Å². The molecule has 0 aliphatic carbocycles. The third-order valence-corrected chi connectivity index (χ3v) is 18.0. The first-order chi connectivity index (χ1) is 21.5. The number of aliphatic hydroxyl groups is 2. The Kier molecular flexibility index (Phi) is 14.0. The van der Waals surface area contributed by atoms with Crippen LogP contribution in [0.15, 0.2) is 41.0 Å². The quantitative estimate of drug-likeness (QED) is 0.162. The highest BCUT2D eigenvalue weighted by Crippen LogP contribution is 2.49. The van der Waals surface area contributed by atoms with E-state index in [0.29, 0.717) is 0 Å². The first-order valence-electron chi connectivity index (χ1n) is 16.3. The van der Waals surface area contributed by atoms with E-state index >= 15 is 0 Å². The first kappa shape index (κ1) is 38.7. The van der Waals surface area contributed by atoms with Gasteiger partial charge in [0.15, 0.2) is 0 Å². The maximum Gasteiger partial charge on any atom is 0.348 e. The van der Waals surface area contributed by atoms with E-state index in [2.05, 4.69) is 61.2 Å². The van der Waals surface area contributed by atoms with Crippen molar-refractivity contribution in [3.05, 3.63) is 46.6 Å². The summed E-state index contributed by atoms with van der Waals surface area (Å²) in [6.45, 7) is 19.4. The zero-order valence-corrected chi connectivity index (χ0v) is 31.7. The van der Waals surface area contributed by atoms with Crippen molar-refractivity contribution in [3.63, 3.8) is 0 Å². The van der Waals surface area contributed by atoms with E-state index < -0.39 is 70.8 Å². The smallest absolute Gasteiger partial charge is 0.348 e. The summed E-state index contributed by atoms with van der Waals surface area (Å²) in [5.74, 6) is -1.07. The summed E-state index contributed by atoms with van der Waals surface area (Å²) < 4.78 is 30.7. The van der Waals surface area contributed by atoms with Crippen molar-refractivity contribution in [1.82, 2.24) is 0 Å². The van der Waals surface area contributed by atoms with Crippen molar-refractivity contribution in [3.8, 4) is 0 Å². The predicted molar refractivity (Wildman–Crippen MR) is 185 cm³/mol. The number of hydrogen-bond donors (Lipinski definition) is 3. The molecule has 10 nitrogen and oxygen atoms in total. The van der Waals surface area contributed by atoms with Gasteiger partial charge in [0.1, 0.15) is 35.5 Å². The molecule has 0 spiro atoms. The minimum Gasteiger partial charge on any atom is -0.466 e. The number of thioether (sulfide) groups is 1. The van der Waals surface area contributed by atoms with Gasteiger partial charge in [0.2, 0.25) is 14.6 Å². The van der Waals surface area contributed by atoms with Gasteiger partial charge < -0.3 is 39.3 Å². The maximum absolute atomic E-state index is 13.7. The highest BCUT2D eigenvalue weighted by molar-refractivity contribution is 8.04. The van der Waals surface area contributed by atoms with Gasteiger partial charge >= 0.3 is 11.9 Å². The molecular weight excluding hydrogens is 643 g/mol. The van der Waals surface area contributed by atoms with Gasteiger partial charge in [-0.2, -0.15) is 0 Å². The van der Waals surface area contributed by atoms with Crippen LogP contribution in [0.4, 0.5) is 0 Å². The monoisotopic (exact) mass is 697 g/mol. The summed E-state index contributed by atoms with van der Waals surface area (Å²) in [4.78, 5) is 26.7. The lowest BCUT2D eigenvalue weighted by atomic mass is 10.0. The predicted octanol–water partition coefficient (Wildman–Crippen LogP) is 5.31. The number of esters is 2. The van der Waals surface area contributed by atoms with Crippen LogP contribution in [0.1, 0.15) is 53.5 Å². The number of fused-ring (bicyclic) bond motifs is 1. The molecule has 0 unspecified atom stereocenters. The Bertz CT molecular complexity index is 1170. The van der Waals surface area contributed by atoms with Gasteiger partial charge in [0, 0.05) is 14.5 Å². The van der Waals surface area contributed by atoms with Gasteiger partial charge in [-0.1, -0.05) is 91.5 Å². The molecule has 1 saturated heterocycles. The number of carbonyl (C=O) groups is 2. The second-order valence-corrected chi connectivity index (χ2v) is 26.6. The largest absolute Gasteiger partial charge is 0.466 e. The average Bonchev–Trinajstić information content (AvgIpc) is 2.98. The summed E-state index contributed by atoms with van der Waals surface area (Å²) in [7, 11) is -4.03. The van der Waals surface area contributed by atoms with Crippen LogP contribution in [-0.4, -0.2) is 87.7 Å². The molecule has 6 atom stereocenters. The summed E-state index contributed by atoms with van der Waals surface area (Å²) in [6, 6.07) is 8.92. The third kappa shape index (κ3) is 9.46. The van der Waals surface area contributed by atoms with E-state index in [4.69, 9.17) is 29.1 Å². The molecule has 0 aromatic heterocycles. The molecule has 0 bridgehead atoms. The van der Waals surface area contributed by atoms with Crippen LogP contribution in [0.2, 0.25) is 42.3 Å². The molecule has 1 aromatic carbocycles. The van der Waals surface area contributed by atoms with E-state index in [1.165, 1.54) is 11.8 Å². The number of hydrogen-bond acceptors (Lipinski definition) is 11. The van der Waals surface area contributed by atoms with E-state index in [-0.39, 0.29) is 46.9 Å². The van der Waals surface area contributed by atoms with Gasteiger partial charge in [0.05, 0.1) is 24.6 Å². The van der Waals surface area contributed by atoms with Crippen molar-refractivity contribution in [2.75, 3.05) is 13.2 Å². The topological polar surface area (TPSA) is 147 Å². The van der Waals surface area contributed by atoms with E-state index in [9.17, 15) is 19.8 Å². The van der Waals surface area contributed by atoms with Gasteiger partial charge in [-0.25, -0.2) is 4.79 Å². The van der Waals surface area contributed by atoms with Crippen molar-refractivity contribution in [2.45, 2.75) is 133 Å². The van der Waals surface area contributed by atoms with Gasteiger partial charge in [-0.05, 0) is 28.2 Å². The van der Waals surface area contributed by atoms with Crippen molar-refractivity contribution in [1.29, 1.82) is 0 Å². The number of benzene rings is 1. The molecule has 2 heterocycles. The van der Waals surface area contributed by atoms with Crippen molar-refractivity contribution >= 4 is 40.1 Å². The van der Waals surface area contributed by atoms with Crippen molar-refractivity contribution in [2.24, 2.45) is 5.73 Å². The zero-order chi connectivity index (χ0) is 34.4. The lowest BCUT2D eigenvalue weighted by Crippen LogP contribution is -2.64. The Balaban J connectivity index is 1.95. The number of nitrogens with two attached hydrogens (primary N) is 1. The van der Waals surface area contributed by atoms with E-state index in [1.807, 2.05) is 30.3 Å². The highest BCUT2D eigenvalue weighted by Gasteiger charge is 2.56. The highest BCUT2D eigenvalue weighted by atomic mass is 32.2. The van der Waals surface area contributed by atoms with E-state index in [1.54, 1.807) is 0 Å². The fourth-order valence-electron chi connectivity index (χ4n) is 6.37. The van der Waals surface area contributed by atoms with Gasteiger partial charge in [-0.3, -0.25) is 4.79 Å². The lowest BCUT2D eigenvalue weighted by molar-refractivity contribution is -0.241. The SMILES string of the molecule is CC(C)[Si](O[C@H]1[C@H](O)[C@@H](CO)O[C@@H]2OC(C[C@H](N)C(=O)OCc3ccccc3)=C(C(=O)OCC[Si](C)(C)C)S[C@@H]21)(C(C)C)C(C)C. The lowest BCUT2D eigenvalue weighted by Gasteiger charge is -2.52. The molecule has 4 N–H and O–H groups in total. The Morgan fingerprint density at radius 3 is 2.15 bits per heavy atom. The minimum atomic E-state index is -2.54. The molecule has 13 heteroatoms. The van der Waals surface area contributed by atoms with Crippen LogP contribution < -0.4 is 5.73 Å². The molecule has 2 aliphatic heterocycles. The Morgan fingerprint density at radius 2 is 1.61 bits per heavy atom. The Hall–Kier alpha value is -1.72. The summed E-state index contributed by atoms with van der Waals surface area (Å²) in [6.07, 6.45) is -4.04. The van der Waals surface area contributed by atoms with Crippen LogP contribution in [0.3, 0.4) is 0 Å². The summed E-state index contributed by atoms with van der Waals surface area (Å²) >= 11 is 1.17. The third-order valence-electron chi connectivity index (χ3n) is 8.81. The van der Waals surface area contributed by atoms with Crippen LogP contribution in [0, 0.1) is 0 Å². The summed E-state index contributed by atoms with van der Waals surface area (Å²) in [5.41, 5.74) is 7.79. The molecule has 2 aliphatic rings.